The maximum absolute atomic E-state index is 12.8. The highest BCUT2D eigenvalue weighted by atomic mass is 16.5. The number of carbonyl (C=O) groups excluding carboxylic acids is 3. The first kappa shape index (κ1) is 17.3. The number of carbonyl (C=O) groups is 3. The summed E-state index contributed by atoms with van der Waals surface area (Å²) in [7, 11) is 1.52. The van der Waals surface area contributed by atoms with E-state index in [0.717, 1.165) is 6.42 Å². The van der Waals surface area contributed by atoms with Crippen molar-refractivity contribution in [2.45, 2.75) is 31.8 Å². The Hall–Kier alpha value is -2.57. The maximum Gasteiger partial charge on any atom is 0.257 e. The van der Waals surface area contributed by atoms with Crippen molar-refractivity contribution in [1.29, 1.82) is 0 Å². The number of methoxy groups -OCH3 is 1. The van der Waals surface area contributed by atoms with Gasteiger partial charge in [0.25, 0.3) is 5.91 Å². The number of hydrogen-bond acceptors (Lipinski definition) is 4. The lowest BCUT2D eigenvalue weighted by Gasteiger charge is -2.45. The summed E-state index contributed by atoms with van der Waals surface area (Å²) >= 11 is 0. The van der Waals surface area contributed by atoms with Crippen molar-refractivity contribution in [3.05, 3.63) is 29.8 Å². The lowest BCUT2D eigenvalue weighted by atomic mass is 10.0. The lowest BCUT2D eigenvalue weighted by Crippen LogP contribution is -2.69. The largest absolute Gasteiger partial charge is 0.496 e. The molecule has 3 amide bonds. The first-order chi connectivity index (χ1) is 12.1. The van der Waals surface area contributed by atoms with E-state index in [1.54, 1.807) is 34.1 Å². The standard InChI is InChI=1S/C18H23N3O4/c1-3-6-13-18(24)21-10-9-20(11-14(21)16(22)19-13)17(23)12-7-4-5-8-15(12)25-2/h4-5,7-8,13-14H,3,6,9-11H2,1-2H3,(H,19,22)/t13-,14+/m0/s1. The summed E-state index contributed by atoms with van der Waals surface area (Å²) in [5.74, 6) is 0.0848. The zero-order chi connectivity index (χ0) is 18.0. The highest BCUT2D eigenvalue weighted by Gasteiger charge is 2.44. The van der Waals surface area contributed by atoms with Crippen molar-refractivity contribution in [3.63, 3.8) is 0 Å². The second-order valence-corrected chi connectivity index (χ2v) is 6.35. The number of rotatable bonds is 4. The van der Waals surface area contributed by atoms with Gasteiger partial charge in [0.1, 0.15) is 17.8 Å². The van der Waals surface area contributed by atoms with Crippen LogP contribution in [0.25, 0.3) is 0 Å². The van der Waals surface area contributed by atoms with Gasteiger partial charge in [0.2, 0.25) is 11.8 Å². The molecule has 2 atom stereocenters. The van der Waals surface area contributed by atoms with Gasteiger partial charge in [-0.05, 0) is 18.6 Å². The molecule has 0 aromatic heterocycles. The Bertz CT molecular complexity index is 691. The van der Waals surface area contributed by atoms with E-state index in [9.17, 15) is 14.4 Å². The highest BCUT2D eigenvalue weighted by molar-refractivity contribution is 6.00. The van der Waals surface area contributed by atoms with Crippen LogP contribution in [0.3, 0.4) is 0 Å². The van der Waals surface area contributed by atoms with Crippen LogP contribution >= 0.6 is 0 Å². The summed E-state index contributed by atoms with van der Waals surface area (Å²) in [6, 6.07) is 5.96. The molecule has 1 aromatic carbocycles. The van der Waals surface area contributed by atoms with Crippen LogP contribution in [0.4, 0.5) is 0 Å². The summed E-state index contributed by atoms with van der Waals surface area (Å²) in [5.41, 5.74) is 0.463. The van der Waals surface area contributed by atoms with Gasteiger partial charge in [0.05, 0.1) is 19.2 Å². The van der Waals surface area contributed by atoms with E-state index in [1.807, 2.05) is 6.92 Å². The average molecular weight is 345 g/mol. The van der Waals surface area contributed by atoms with E-state index in [1.165, 1.54) is 7.11 Å². The van der Waals surface area contributed by atoms with Crippen molar-refractivity contribution in [1.82, 2.24) is 15.1 Å². The smallest absolute Gasteiger partial charge is 0.257 e. The van der Waals surface area contributed by atoms with Crippen LogP contribution < -0.4 is 10.1 Å². The summed E-state index contributed by atoms with van der Waals surface area (Å²) < 4.78 is 5.25. The zero-order valence-electron chi connectivity index (χ0n) is 14.5. The molecule has 7 heteroatoms. The Kier molecular flexibility index (Phi) is 4.92. The van der Waals surface area contributed by atoms with Gasteiger partial charge in [-0.3, -0.25) is 14.4 Å². The van der Waals surface area contributed by atoms with Crippen LogP contribution in [0, 0.1) is 0 Å². The summed E-state index contributed by atoms with van der Waals surface area (Å²) in [5, 5.41) is 2.80. The van der Waals surface area contributed by atoms with Crippen molar-refractivity contribution in [2.75, 3.05) is 26.7 Å². The van der Waals surface area contributed by atoms with Crippen molar-refractivity contribution < 1.29 is 19.1 Å². The number of benzene rings is 1. The molecule has 0 spiro atoms. The topological polar surface area (TPSA) is 79.0 Å². The molecule has 2 aliphatic heterocycles. The van der Waals surface area contributed by atoms with E-state index in [4.69, 9.17) is 4.74 Å². The molecule has 1 N–H and O–H groups in total. The molecule has 7 nitrogen and oxygen atoms in total. The minimum absolute atomic E-state index is 0.0455. The molecule has 134 valence electrons. The Morgan fingerprint density at radius 1 is 1.28 bits per heavy atom. The third kappa shape index (κ3) is 3.18. The quantitative estimate of drug-likeness (QED) is 0.869. The van der Waals surface area contributed by atoms with E-state index in [-0.39, 0.29) is 24.3 Å². The molecule has 1 aromatic rings. The Morgan fingerprint density at radius 2 is 2.04 bits per heavy atom. The molecule has 2 heterocycles. The van der Waals surface area contributed by atoms with Gasteiger partial charge >= 0.3 is 0 Å². The van der Waals surface area contributed by atoms with Gasteiger partial charge in [-0.2, -0.15) is 0 Å². The van der Waals surface area contributed by atoms with Gasteiger partial charge < -0.3 is 19.9 Å². The van der Waals surface area contributed by atoms with Crippen LogP contribution in [0.15, 0.2) is 24.3 Å². The highest BCUT2D eigenvalue weighted by Crippen LogP contribution is 2.23. The minimum atomic E-state index is -0.618. The Balaban J connectivity index is 1.76. The van der Waals surface area contributed by atoms with Crippen molar-refractivity contribution >= 4 is 17.7 Å². The molecule has 0 unspecified atom stereocenters. The van der Waals surface area contributed by atoms with Crippen LogP contribution in [-0.4, -0.2) is 66.3 Å². The van der Waals surface area contributed by atoms with E-state index in [2.05, 4.69) is 5.32 Å². The van der Waals surface area contributed by atoms with Crippen LogP contribution in [0.1, 0.15) is 30.1 Å². The van der Waals surface area contributed by atoms with E-state index < -0.39 is 12.1 Å². The van der Waals surface area contributed by atoms with Crippen LogP contribution in [0.2, 0.25) is 0 Å². The summed E-state index contributed by atoms with van der Waals surface area (Å²) in [6.07, 6.45) is 1.46. The number of piperazine rings is 2. The minimum Gasteiger partial charge on any atom is -0.496 e. The molecule has 2 aliphatic rings. The predicted molar refractivity (Wildman–Crippen MR) is 91.2 cm³/mol. The van der Waals surface area contributed by atoms with Gasteiger partial charge in [-0.1, -0.05) is 25.5 Å². The predicted octanol–water partition coefficient (Wildman–Crippen LogP) is 0.647. The summed E-state index contributed by atoms with van der Waals surface area (Å²) in [4.78, 5) is 41.0. The molecule has 3 rings (SSSR count). The molecule has 0 aliphatic carbocycles. The van der Waals surface area contributed by atoms with Crippen molar-refractivity contribution in [3.8, 4) is 5.75 Å². The molecule has 0 bridgehead atoms. The molecule has 25 heavy (non-hydrogen) atoms. The van der Waals surface area contributed by atoms with Crippen LogP contribution in [0.5, 0.6) is 5.75 Å². The van der Waals surface area contributed by atoms with Gasteiger partial charge in [-0.25, -0.2) is 0 Å². The monoisotopic (exact) mass is 345 g/mol. The number of hydrogen-bond donors (Lipinski definition) is 1. The van der Waals surface area contributed by atoms with Gasteiger partial charge in [0.15, 0.2) is 0 Å². The lowest BCUT2D eigenvalue weighted by molar-refractivity contribution is -0.152. The normalized spacial score (nSPS) is 23.1. The summed E-state index contributed by atoms with van der Waals surface area (Å²) in [6.45, 7) is 2.96. The fourth-order valence-corrected chi connectivity index (χ4v) is 3.46. The third-order valence-corrected chi connectivity index (χ3v) is 4.78. The average Bonchev–Trinajstić information content (AvgIpc) is 2.65. The molecular formula is C18H23N3O4. The van der Waals surface area contributed by atoms with Crippen molar-refractivity contribution in [2.24, 2.45) is 0 Å². The zero-order valence-corrected chi connectivity index (χ0v) is 14.5. The number of nitrogens with one attached hydrogen (secondary N) is 1. The maximum atomic E-state index is 12.8. The molecule has 0 radical (unpaired) electrons. The number of ether oxygens (including phenoxy) is 1. The number of para-hydroxylation sites is 1. The van der Waals surface area contributed by atoms with Gasteiger partial charge in [-0.15, -0.1) is 0 Å². The van der Waals surface area contributed by atoms with E-state index >= 15 is 0 Å². The number of amides is 3. The second kappa shape index (κ2) is 7.13. The second-order valence-electron chi connectivity index (χ2n) is 6.35. The number of nitrogens with zero attached hydrogens (tertiary/aromatic N) is 2. The fourth-order valence-electron chi connectivity index (χ4n) is 3.46. The van der Waals surface area contributed by atoms with E-state index in [0.29, 0.717) is 30.8 Å². The number of fused-ring (bicyclic) bond motifs is 1. The Morgan fingerprint density at radius 3 is 2.76 bits per heavy atom. The van der Waals surface area contributed by atoms with Gasteiger partial charge in [0, 0.05) is 13.1 Å². The first-order valence-electron chi connectivity index (χ1n) is 8.60. The molecule has 2 saturated heterocycles. The molecule has 0 saturated carbocycles. The molecular weight excluding hydrogens is 322 g/mol. The Labute approximate surface area is 146 Å². The molecule has 2 fully saturated rings. The van der Waals surface area contributed by atoms with Crippen LogP contribution in [-0.2, 0) is 9.59 Å². The first-order valence-corrected chi connectivity index (χ1v) is 8.60. The SMILES string of the molecule is CCC[C@@H]1NC(=O)[C@H]2CN(C(=O)c3ccccc3OC)CCN2C1=O. The third-order valence-electron chi connectivity index (χ3n) is 4.78. The fraction of sp³-hybridized carbons (Fsp3) is 0.500.